The molecule has 5 rings (SSSR count). The second kappa shape index (κ2) is 22.1. The summed E-state index contributed by atoms with van der Waals surface area (Å²) in [6.07, 6.45) is -8.68. The molecule has 66 heavy (non-hydrogen) atoms. The summed E-state index contributed by atoms with van der Waals surface area (Å²) in [7, 11) is 6.91. The van der Waals surface area contributed by atoms with Crippen LogP contribution in [-0.2, 0) is 68.4 Å². The molecular formula is C48H75ClN2O15. The molecule has 0 amide bonds. The van der Waals surface area contributed by atoms with E-state index in [1.54, 1.807) is 40.9 Å². The normalized spacial score (nSPS) is 42.2. The van der Waals surface area contributed by atoms with Crippen molar-refractivity contribution in [2.24, 2.45) is 28.8 Å². The molecule has 374 valence electrons. The summed E-state index contributed by atoms with van der Waals surface area (Å²) in [4.78, 5) is 48.9. The highest BCUT2D eigenvalue weighted by Crippen LogP contribution is 2.44. The number of esters is 2. The van der Waals surface area contributed by atoms with Crippen molar-refractivity contribution in [2.45, 2.75) is 193 Å². The first-order valence-electron chi connectivity index (χ1n) is 23.2. The minimum absolute atomic E-state index is 0.0417. The van der Waals surface area contributed by atoms with Crippen LogP contribution in [0.4, 0.5) is 4.79 Å². The van der Waals surface area contributed by atoms with Gasteiger partial charge in [-0.3, -0.25) is 9.59 Å². The predicted octanol–water partition coefficient (Wildman–Crippen LogP) is 6.85. The molecule has 0 bridgehead atoms. The Morgan fingerprint density at radius 1 is 0.924 bits per heavy atom. The number of fused-ring (bicyclic) bond motifs is 1. The van der Waals surface area contributed by atoms with Gasteiger partial charge in [-0.1, -0.05) is 62.7 Å². The number of aliphatic hydroxyl groups is 1. The van der Waals surface area contributed by atoms with Crippen LogP contribution in [-0.4, -0.2) is 146 Å². The van der Waals surface area contributed by atoms with Crippen molar-refractivity contribution in [3.8, 4) is 0 Å². The van der Waals surface area contributed by atoms with Gasteiger partial charge in [-0.25, -0.2) is 4.79 Å². The monoisotopic (exact) mass is 954 g/mol. The fraction of sp³-hybridized carbons (Fsp3) is 0.792. The quantitative estimate of drug-likeness (QED) is 0.130. The molecule has 4 aliphatic heterocycles. The molecule has 17 nitrogen and oxygen atoms in total. The summed E-state index contributed by atoms with van der Waals surface area (Å²) in [6, 6.07) is 6.99. The lowest BCUT2D eigenvalue weighted by Gasteiger charge is -2.50. The average molecular weight is 956 g/mol. The molecule has 0 radical (unpaired) electrons. The van der Waals surface area contributed by atoms with E-state index in [-0.39, 0.29) is 38.0 Å². The minimum Gasteiger partial charge on any atom is -0.458 e. The van der Waals surface area contributed by atoms with Crippen molar-refractivity contribution >= 4 is 35.4 Å². The zero-order valence-corrected chi connectivity index (χ0v) is 42.2. The van der Waals surface area contributed by atoms with Gasteiger partial charge in [0.2, 0.25) is 0 Å². The second-order valence-corrected chi connectivity index (χ2v) is 20.0. The molecule has 0 unspecified atom stereocenters. The summed E-state index contributed by atoms with van der Waals surface area (Å²) < 4.78 is 63.8. The number of cyclic esters (lactones) is 1. The number of halogens is 1. The lowest BCUT2D eigenvalue weighted by molar-refractivity contribution is -0.320. The molecule has 0 saturated carbocycles. The van der Waals surface area contributed by atoms with Crippen LogP contribution in [0, 0.1) is 23.7 Å². The first kappa shape index (κ1) is 53.8. The first-order chi connectivity index (χ1) is 30.9. The Morgan fingerprint density at radius 3 is 2.20 bits per heavy atom. The average Bonchev–Trinajstić information content (AvgIpc) is 3.58. The Kier molecular flexibility index (Phi) is 18.0. The molecule has 4 aliphatic rings. The summed E-state index contributed by atoms with van der Waals surface area (Å²) in [5.41, 5.74) is -2.57. The van der Waals surface area contributed by atoms with Gasteiger partial charge in [-0.05, 0) is 81.0 Å². The standard InChI is InChI=1S/C48H75ClN2O15/c1-16-35-48(11)42(65-45(55)66-48)27(4)37(50-58-24-32-19-17-18-20-33(32)49)25(2)22-47(10,57-15)41(64-44-39(61-31(8)52)34(51(12)13)21-26(3)59-44)28(5)38(29(6)43(54)62-35)63-36-23-46(9,56-14)40(53)30(7)60-36/h17-20,25-30,34-36,38-42,44,53H,16,21-24H2,1-15H3/t25-,26-,27+,28+,29-,30+,34+,35-,36+,38+,39-,40+,41-,42-,44+,46-,47-,48-/m1/s1. The highest BCUT2D eigenvalue weighted by molar-refractivity contribution is 6.31. The SMILES string of the molecule is CC[C@H]1OC(=O)[C@H](C)[C@@H](O[C@H]2C[C@@](C)(OC)[C@@H](O)[C@H](C)O2)[C@H](C)[C@@H](O[C@@H]2O[C@H](C)C[C@H](N(C)C)[C@H]2OC(C)=O)[C@](C)(OC)C[C@@H](C)C(=NOCc2ccccc2Cl)[C@H](C)[C@H]2OC(=O)O[C@@]21C. The molecule has 1 aromatic rings. The summed E-state index contributed by atoms with van der Waals surface area (Å²) in [5.74, 6) is -4.05. The Labute approximate surface area is 395 Å². The summed E-state index contributed by atoms with van der Waals surface area (Å²) in [6.45, 7) is 19.7. The van der Waals surface area contributed by atoms with Crippen molar-refractivity contribution in [2.75, 3.05) is 28.3 Å². The largest absolute Gasteiger partial charge is 0.509 e. The molecule has 0 spiro atoms. The van der Waals surface area contributed by atoms with Gasteiger partial charge in [0.1, 0.15) is 18.8 Å². The molecule has 18 heteroatoms. The number of oxime groups is 1. The fourth-order valence-electron chi connectivity index (χ4n) is 10.5. The third-order valence-corrected chi connectivity index (χ3v) is 14.8. The van der Waals surface area contributed by atoms with Crippen LogP contribution in [0.5, 0.6) is 0 Å². The molecule has 18 atom stereocenters. The van der Waals surface area contributed by atoms with E-state index in [0.717, 1.165) is 0 Å². The lowest BCUT2D eigenvalue weighted by atomic mass is 9.73. The zero-order chi connectivity index (χ0) is 49.1. The van der Waals surface area contributed by atoms with Crippen molar-refractivity contribution in [3.05, 3.63) is 34.9 Å². The Bertz CT molecular complexity index is 1860. The predicted molar refractivity (Wildman–Crippen MR) is 242 cm³/mol. The van der Waals surface area contributed by atoms with Gasteiger partial charge in [0.05, 0.1) is 53.3 Å². The van der Waals surface area contributed by atoms with E-state index in [1.807, 2.05) is 78.7 Å². The van der Waals surface area contributed by atoms with E-state index < -0.39 is 114 Å². The highest BCUT2D eigenvalue weighted by atomic mass is 35.5. The smallest absolute Gasteiger partial charge is 0.458 e. The van der Waals surface area contributed by atoms with Gasteiger partial charge in [0.15, 0.2) is 30.4 Å². The number of nitrogens with zero attached hydrogens (tertiary/aromatic N) is 2. The summed E-state index contributed by atoms with van der Waals surface area (Å²) >= 11 is 6.51. The number of benzene rings is 1. The molecule has 1 aromatic carbocycles. The van der Waals surface area contributed by atoms with Crippen LogP contribution in [0.15, 0.2) is 29.4 Å². The van der Waals surface area contributed by atoms with E-state index in [4.69, 9.17) is 69.0 Å². The highest BCUT2D eigenvalue weighted by Gasteiger charge is 2.59. The molecular weight excluding hydrogens is 880 g/mol. The minimum atomic E-state index is -1.46. The van der Waals surface area contributed by atoms with Crippen molar-refractivity contribution < 1.29 is 71.7 Å². The Balaban J connectivity index is 1.70. The Morgan fingerprint density at radius 2 is 1.59 bits per heavy atom. The van der Waals surface area contributed by atoms with E-state index in [2.05, 4.69) is 0 Å². The van der Waals surface area contributed by atoms with Crippen LogP contribution >= 0.6 is 11.6 Å². The van der Waals surface area contributed by atoms with Crippen molar-refractivity contribution in [1.82, 2.24) is 4.90 Å². The van der Waals surface area contributed by atoms with Gasteiger partial charge < -0.3 is 62.2 Å². The van der Waals surface area contributed by atoms with Gasteiger partial charge >= 0.3 is 18.1 Å². The van der Waals surface area contributed by atoms with E-state index in [9.17, 15) is 19.5 Å². The third-order valence-electron chi connectivity index (χ3n) is 14.4. The molecule has 4 saturated heterocycles. The molecule has 1 N–H and O–H groups in total. The van der Waals surface area contributed by atoms with Crippen LogP contribution in [0.2, 0.25) is 5.02 Å². The molecule has 4 fully saturated rings. The number of methoxy groups -OCH3 is 2. The molecule has 4 heterocycles. The first-order valence-corrected chi connectivity index (χ1v) is 23.6. The topological polar surface area (TPSA) is 189 Å². The van der Waals surface area contributed by atoms with E-state index in [0.29, 0.717) is 22.7 Å². The Hall–Kier alpha value is -3.13. The number of carbonyl (C=O) groups is 3. The van der Waals surface area contributed by atoms with Crippen LogP contribution in [0.25, 0.3) is 0 Å². The fourth-order valence-corrected chi connectivity index (χ4v) is 10.7. The van der Waals surface area contributed by atoms with Crippen molar-refractivity contribution in [1.29, 1.82) is 0 Å². The van der Waals surface area contributed by atoms with Crippen molar-refractivity contribution in [3.63, 3.8) is 0 Å². The zero-order valence-electron chi connectivity index (χ0n) is 41.4. The van der Waals surface area contributed by atoms with Gasteiger partial charge in [-0.15, -0.1) is 0 Å². The second-order valence-electron chi connectivity index (χ2n) is 19.6. The lowest BCUT2D eigenvalue weighted by Crippen LogP contribution is -2.62. The number of aliphatic hydroxyl groups excluding tert-OH is 1. The van der Waals surface area contributed by atoms with E-state index >= 15 is 0 Å². The van der Waals surface area contributed by atoms with Crippen LogP contribution in [0.1, 0.15) is 107 Å². The van der Waals surface area contributed by atoms with Gasteiger partial charge in [0.25, 0.3) is 0 Å². The maximum absolute atomic E-state index is 14.8. The third kappa shape index (κ3) is 11.6. The van der Waals surface area contributed by atoms with Crippen LogP contribution < -0.4 is 0 Å². The number of ether oxygens (including phenoxy) is 10. The number of hydrogen-bond donors (Lipinski definition) is 1. The van der Waals surface area contributed by atoms with Gasteiger partial charge in [-0.2, -0.15) is 0 Å². The van der Waals surface area contributed by atoms with Gasteiger partial charge in [0, 0.05) is 55.9 Å². The number of rotatable bonds is 12. The number of hydrogen-bond acceptors (Lipinski definition) is 17. The van der Waals surface area contributed by atoms with Crippen LogP contribution in [0.3, 0.4) is 0 Å². The number of likely N-dealkylation sites (N-methyl/N-ethyl adjacent to an activating group) is 1. The number of carbonyl (C=O) groups excluding carboxylic acids is 3. The molecule has 0 aromatic heterocycles. The maximum atomic E-state index is 14.8. The summed E-state index contributed by atoms with van der Waals surface area (Å²) in [5, 5.41) is 16.4. The molecule has 0 aliphatic carbocycles. The van der Waals surface area contributed by atoms with E-state index in [1.165, 1.54) is 14.0 Å². The maximum Gasteiger partial charge on any atom is 0.509 e.